The maximum Gasteiger partial charge on any atom is 0.198 e. The van der Waals surface area contributed by atoms with E-state index in [9.17, 15) is 5.11 Å². The fraction of sp³-hybridized carbons (Fsp3) is 0.350. The summed E-state index contributed by atoms with van der Waals surface area (Å²) >= 11 is 0. The summed E-state index contributed by atoms with van der Waals surface area (Å²) in [4.78, 5) is 6.75. The van der Waals surface area contributed by atoms with E-state index in [1.54, 1.807) is 13.2 Å². The molecule has 3 rings (SSSR count). The first-order valence-electron chi connectivity index (χ1n) is 8.79. The van der Waals surface area contributed by atoms with Gasteiger partial charge in [-0.05, 0) is 23.3 Å². The first-order valence-corrected chi connectivity index (χ1v) is 8.79. The van der Waals surface area contributed by atoms with Crippen LogP contribution >= 0.6 is 0 Å². The molecule has 1 aliphatic rings. The number of anilines is 1. The van der Waals surface area contributed by atoms with Crippen LogP contribution in [-0.4, -0.2) is 62.5 Å². The maximum absolute atomic E-state index is 10.3. The number of nitrogens with zero attached hydrogens (tertiary/aromatic N) is 2. The highest BCUT2D eigenvalue weighted by atomic mass is 16.5. The molecule has 0 aliphatic carbocycles. The van der Waals surface area contributed by atoms with E-state index in [2.05, 4.69) is 15.2 Å². The van der Waals surface area contributed by atoms with Crippen LogP contribution in [0.2, 0.25) is 0 Å². The first-order chi connectivity index (χ1) is 12.8. The van der Waals surface area contributed by atoms with Crippen molar-refractivity contribution in [3.63, 3.8) is 0 Å². The molecule has 0 radical (unpaired) electrons. The predicted octanol–water partition coefficient (Wildman–Crippen LogP) is 2.81. The Hall–Kier alpha value is -2.57. The van der Waals surface area contributed by atoms with Gasteiger partial charge in [0.15, 0.2) is 5.96 Å². The molecule has 2 aromatic rings. The third kappa shape index (κ3) is 4.74. The largest absolute Gasteiger partial charge is 0.506 e. The molecule has 1 heterocycles. The number of benzene rings is 2. The van der Waals surface area contributed by atoms with Crippen molar-refractivity contribution in [2.75, 3.05) is 51.9 Å². The van der Waals surface area contributed by atoms with Gasteiger partial charge in [0.2, 0.25) is 0 Å². The van der Waals surface area contributed by atoms with Gasteiger partial charge < -0.3 is 24.8 Å². The summed E-state index contributed by atoms with van der Waals surface area (Å²) in [7, 11) is 1.66. The molecule has 6 nitrogen and oxygen atoms in total. The molecule has 0 spiro atoms. The average Bonchev–Trinajstić information content (AvgIpc) is 2.70. The van der Waals surface area contributed by atoms with Gasteiger partial charge >= 0.3 is 0 Å². The Morgan fingerprint density at radius 3 is 2.65 bits per heavy atom. The number of methoxy groups -OCH3 is 1. The number of morpholine rings is 1. The molecule has 0 aromatic heterocycles. The molecular formula is C20H25N3O3. The second-order valence-electron chi connectivity index (χ2n) is 6.02. The Kier molecular flexibility index (Phi) is 6.46. The summed E-state index contributed by atoms with van der Waals surface area (Å²) < 4.78 is 10.5. The van der Waals surface area contributed by atoms with Crippen molar-refractivity contribution in [1.82, 2.24) is 4.90 Å². The molecule has 0 amide bonds. The fourth-order valence-corrected chi connectivity index (χ4v) is 2.80. The van der Waals surface area contributed by atoms with Crippen LogP contribution < -0.4 is 5.32 Å². The number of phenolic OH excluding ortho intramolecular Hbond substituents is 1. The second-order valence-corrected chi connectivity index (χ2v) is 6.02. The molecular weight excluding hydrogens is 330 g/mol. The summed E-state index contributed by atoms with van der Waals surface area (Å²) in [6, 6.07) is 15.6. The molecule has 26 heavy (non-hydrogen) atoms. The zero-order valence-corrected chi connectivity index (χ0v) is 15.0. The molecule has 0 saturated carbocycles. The molecule has 0 bridgehead atoms. The molecule has 0 atom stereocenters. The van der Waals surface area contributed by atoms with Crippen LogP contribution in [0.4, 0.5) is 5.69 Å². The normalized spacial score (nSPS) is 15.1. The Morgan fingerprint density at radius 2 is 1.92 bits per heavy atom. The van der Waals surface area contributed by atoms with Crippen molar-refractivity contribution in [1.29, 1.82) is 0 Å². The predicted molar refractivity (Wildman–Crippen MR) is 104 cm³/mol. The number of hydrogen-bond donors (Lipinski definition) is 2. The smallest absolute Gasteiger partial charge is 0.198 e. The number of nitrogens with one attached hydrogen (secondary N) is 1. The lowest BCUT2D eigenvalue weighted by molar-refractivity contribution is 0.0678. The Balaban J connectivity index is 1.84. The minimum Gasteiger partial charge on any atom is -0.506 e. The van der Waals surface area contributed by atoms with Gasteiger partial charge in [-0.1, -0.05) is 36.4 Å². The van der Waals surface area contributed by atoms with Crippen LogP contribution in [0.15, 0.2) is 53.5 Å². The SMILES string of the molecule is COCCN=C(Nc1cc(-c2ccccc2)ccc1O)N1CCOCC1. The van der Waals surface area contributed by atoms with E-state index in [-0.39, 0.29) is 5.75 Å². The minimum atomic E-state index is 0.192. The molecule has 1 fully saturated rings. The third-order valence-corrected chi connectivity index (χ3v) is 4.22. The van der Waals surface area contributed by atoms with Gasteiger partial charge in [-0.3, -0.25) is 4.99 Å². The van der Waals surface area contributed by atoms with E-state index in [1.165, 1.54) is 0 Å². The van der Waals surface area contributed by atoms with Crippen molar-refractivity contribution in [3.05, 3.63) is 48.5 Å². The number of rotatable bonds is 5. The van der Waals surface area contributed by atoms with Crippen LogP contribution in [-0.2, 0) is 9.47 Å². The van der Waals surface area contributed by atoms with Gasteiger partial charge in [-0.15, -0.1) is 0 Å². The van der Waals surface area contributed by atoms with Crippen LogP contribution in [0, 0.1) is 0 Å². The number of aliphatic imine (C=N–C) groups is 1. The van der Waals surface area contributed by atoms with Crippen molar-refractivity contribution in [2.45, 2.75) is 0 Å². The molecule has 138 valence electrons. The lowest BCUT2D eigenvalue weighted by Crippen LogP contribution is -2.44. The van der Waals surface area contributed by atoms with Crippen molar-refractivity contribution in [3.8, 4) is 16.9 Å². The number of ether oxygens (including phenoxy) is 2. The molecule has 6 heteroatoms. The van der Waals surface area contributed by atoms with E-state index >= 15 is 0 Å². The Morgan fingerprint density at radius 1 is 1.15 bits per heavy atom. The van der Waals surface area contributed by atoms with Crippen molar-refractivity contribution in [2.24, 2.45) is 4.99 Å². The zero-order valence-electron chi connectivity index (χ0n) is 15.0. The molecule has 1 aliphatic heterocycles. The van der Waals surface area contributed by atoms with Crippen LogP contribution in [0.1, 0.15) is 0 Å². The Bertz CT molecular complexity index is 728. The lowest BCUT2D eigenvalue weighted by Gasteiger charge is -2.30. The number of guanidine groups is 1. The average molecular weight is 355 g/mol. The van der Waals surface area contributed by atoms with Gasteiger partial charge in [0.05, 0.1) is 32.1 Å². The highest BCUT2D eigenvalue weighted by Crippen LogP contribution is 2.30. The summed E-state index contributed by atoms with van der Waals surface area (Å²) in [5.41, 5.74) is 2.76. The second kappa shape index (κ2) is 9.22. The minimum absolute atomic E-state index is 0.192. The highest BCUT2D eigenvalue weighted by Gasteiger charge is 2.17. The molecule has 1 saturated heterocycles. The van der Waals surface area contributed by atoms with Gasteiger partial charge in [0.1, 0.15) is 5.75 Å². The Labute approximate surface area is 154 Å². The maximum atomic E-state index is 10.3. The molecule has 2 N–H and O–H groups in total. The topological polar surface area (TPSA) is 66.3 Å². The van der Waals surface area contributed by atoms with Gasteiger partial charge in [0.25, 0.3) is 0 Å². The number of phenols is 1. The zero-order chi connectivity index (χ0) is 18.2. The molecule has 0 unspecified atom stereocenters. The van der Waals surface area contributed by atoms with Gasteiger partial charge in [-0.2, -0.15) is 0 Å². The molecule has 2 aromatic carbocycles. The monoisotopic (exact) mass is 355 g/mol. The fourth-order valence-electron chi connectivity index (χ4n) is 2.80. The summed E-state index contributed by atoms with van der Waals surface area (Å²) in [5, 5.41) is 13.6. The van der Waals surface area contributed by atoms with E-state index in [4.69, 9.17) is 9.47 Å². The van der Waals surface area contributed by atoms with Crippen LogP contribution in [0.25, 0.3) is 11.1 Å². The third-order valence-electron chi connectivity index (χ3n) is 4.22. The van der Waals surface area contributed by atoms with E-state index in [1.807, 2.05) is 42.5 Å². The highest BCUT2D eigenvalue weighted by molar-refractivity contribution is 5.95. The van der Waals surface area contributed by atoms with E-state index < -0.39 is 0 Å². The quantitative estimate of drug-likeness (QED) is 0.374. The summed E-state index contributed by atoms with van der Waals surface area (Å²) in [6.07, 6.45) is 0. The summed E-state index contributed by atoms with van der Waals surface area (Å²) in [5.74, 6) is 0.920. The first kappa shape index (κ1) is 18.2. The van der Waals surface area contributed by atoms with Crippen molar-refractivity contribution < 1.29 is 14.6 Å². The van der Waals surface area contributed by atoms with Gasteiger partial charge in [-0.25, -0.2) is 0 Å². The lowest BCUT2D eigenvalue weighted by atomic mass is 10.0. The van der Waals surface area contributed by atoms with Crippen LogP contribution in [0.5, 0.6) is 5.75 Å². The number of hydrogen-bond acceptors (Lipinski definition) is 4. The van der Waals surface area contributed by atoms with Gasteiger partial charge in [0, 0.05) is 20.2 Å². The summed E-state index contributed by atoms with van der Waals surface area (Å²) in [6.45, 7) is 3.96. The van der Waals surface area contributed by atoms with Crippen molar-refractivity contribution >= 4 is 11.6 Å². The number of aromatic hydroxyl groups is 1. The van der Waals surface area contributed by atoms with E-state index in [0.717, 1.165) is 30.2 Å². The van der Waals surface area contributed by atoms with E-state index in [0.29, 0.717) is 32.1 Å². The standard InChI is InChI=1S/C20H25N3O3/c1-25-12-9-21-20(23-10-13-26-14-11-23)22-18-15-17(7-8-19(18)24)16-5-3-2-4-6-16/h2-8,15,24H,9-14H2,1H3,(H,21,22). The van der Waals surface area contributed by atoms with Crippen LogP contribution in [0.3, 0.4) is 0 Å².